The lowest BCUT2D eigenvalue weighted by molar-refractivity contribution is 0.571. The summed E-state index contributed by atoms with van der Waals surface area (Å²) in [7, 11) is 0. The maximum absolute atomic E-state index is 5.88. The van der Waals surface area contributed by atoms with Crippen LogP contribution in [0.3, 0.4) is 0 Å². The second kappa shape index (κ2) is 3.54. The Balaban J connectivity index is 3.22. The molecule has 1 aromatic heterocycles. The summed E-state index contributed by atoms with van der Waals surface area (Å²) >= 11 is 0. The third-order valence-electron chi connectivity index (χ3n) is 2.53. The topological polar surface area (TPSA) is 30.9 Å². The fourth-order valence-electron chi connectivity index (χ4n) is 2.06. The SMILES string of the molecule is Cc1cc([C@H](C)N)c(C)n1C(C)C. The van der Waals surface area contributed by atoms with E-state index in [2.05, 4.69) is 38.3 Å². The first-order valence-electron chi connectivity index (χ1n) is 4.89. The van der Waals surface area contributed by atoms with Gasteiger partial charge in [0.15, 0.2) is 0 Å². The Labute approximate surface area is 80.7 Å². The highest BCUT2D eigenvalue weighted by Gasteiger charge is 2.13. The van der Waals surface area contributed by atoms with E-state index in [1.807, 2.05) is 6.92 Å². The van der Waals surface area contributed by atoms with Gasteiger partial charge in [0, 0.05) is 23.5 Å². The van der Waals surface area contributed by atoms with Crippen LogP contribution >= 0.6 is 0 Å². The molecule has 0 aromatic carbocycles. The Morgan fingerprint density at radius 2 is 1.77 bits per heavy atom. The zero-order valence-corrected chi connectivity index (χ0v) is 9.26. The number of aryl methyl sites for hydroxylation is 1. The lowest BCUT2D eigenvalue weighted by Gasteiger charge is -2.14. The molecule has 0 aliphatic carbocycles. The van der Waals surface area contributed by atoms with Crippen molar-refractivity contribution in [3.63, 3.8) is 0 Å². The molecular formula is C11H20N2. The van der Waals surface area contributed by atoms with Crippen LogP contribution in [0.1, 0.15) is 49.8 Å². The van der Waals surface area contributed by atoms with Crippen LogP contribution in [-0.4, -0.2) is 4.57 Å². The third kappa shape index (κ3) is 1.78. The molecule has 74 valence electrons. The maximum atomic E-state index is 5.88. The Morgan fingerprint density at radius 1 is 1.23 bits per heavy atom. The van der Waals surface area contributed by atoms with Crippen molar-refractivity contribution in [2.45, 2.75) is 46.7 Å². The Kier molecular flexibility index (Phi) is 2.81. The van der Waals surface area contributed by atoms with Gasteiger partial charge in [-0.1, -0.05) is 0 Å². The van der Waals surface area contributed by atoms with Gasteiger partial charge in [-0.05, 0) is 46.2 Å². The molecule has 0 spiro atoms. The minimum absolute atomic E-state index is 0.138. The molecule has 1 aromatic rings. The number of aromatic nitrogens is 1. The minimum atomic E-state index is 0.138. The number of nitrogens with two attached hydrogens (primary N) is 1. The van der Waals surface area contributed by atoms with Gasteiger partial charge in [0.25, 0.3) is 0 Å². The minimum Gasteiger partial charge on any atom is -0.346 e. The molecule has 2 N–H and O–H groups in total. The van der Waals surface area contributed by atoms with Crippen molar-refractivity contribution in [3.05, 3.63) is 23.0 Å². The zero-order chi connectivity index (χ0) is 10.2. The van der Waals surface area contributed by atoms with Crippen LogP contribution < -0.4 is 5.73 Å². The normalized spacial score (nSPS) is 13.8. The van der Waals surface area contributed by atoms with Crippen LogP contribution in [-0.2, 0) is 0 Å². The van der Waals surface area contributed by atoms with E-state index in [4.69, 9.17) is 5.73 Å². The molecule has 0 unspecified atom stereocenters. The second-order valence-corrected chi connectivity index (χ2v) is 4.08. The fraction of sp³-hybridized carbons (Fsp3) is 0.636. The van der Waals surface area contributed by atoms with Crippen molar-refractivity contribution in [2.24, 2.45) is 5.73 Å². The molecule has 0 saturated carbocycles. The predicted octanol–water partition coefficient (Wildman–Crippen LogP) is 2.71. The van der Waals surface area contributed by atoms with E-state index in [1.54, 1.807) is 0 Å². The summed E-state index contributed by atoms with van der Waals surface area (Å²) in [4.78, 5) is 0. The lowest BCUT2D eigenvalue weighted by atomic mass is 10.1. The first-order chi connectivity index (χ1) is 5.95. The zero-order valence-electron chi connectivity index (χ0n) is 9.26. The molecule has 0 saturated heterocycles. The van der Waals surface area contributed by atoms with E-state index in [9.17, 15) is 0 Å². The van der Waals surface area contributed by atoms with E-state index in [0.717, 1.165) is 0 Å². The van der Waals surface area contributed by atoms with Crippen molar-refractivity contribution in [2.75, 3.05) is 0 Å². The molecule has 2 nitrogen and oxygen atoms in total. The molecule has 0 fully saturated rings. The van der Waals surface area contributed by atoms with Crippen molar-refractivity contribution >= 4 is 0 Å². The van der Waals surface area contributed by atoms with Gasteiger partial charge in [-0.3, -0.25) is 0 Å². The van der Waals surface area contributed by atoms with Gasteiger partial charge in [0.05, 0.1) is 0 Å². The molecule has 0 aliphatic heterocycles. The summed E-state index contributed by atoms with van der Waals surface area (Å²) in [6, 6.07) is 2.85. The molecule has 0 radical (unpaired) electrons. The number of rotatable bonds is 2. The Bertz CT molecular complexity index is 295. The smallest absolute Gasteiger partial charge is 0.0284 e. The molecule has 0 bridgehead atoms. The lowest BCUT2D eigenvalue weighted by Crippen LogP contribution is -2.09. The van der Waals surface area contributed by atoms with Crippen molar-refractivity contribution < 1.29 is 0 Å². The molecule has 0 aliphatic rings. The quantitative estimate of drug-likeness (QED) is 0.745. The van der Waals surface area contributed by atoms with E-state index >= 15 is 0 Å². The van der Waals surface area contributed by atoms with Crippen LogP contribution in [0.2, 0.25) is 0 Å². The largest absolute Gasteiger partial charge is 0.346 e. The van der Waals surface area contributed by atoms with E-state index < -0.39 is 0 Å². The van der Waals surface area contributed by atoms with Gasteiger partial charge < -0.3 is 10.3 Å². The summed E-state index contributed by atoms with van der Waals surface area (Å²) in [6.45, 7) is 10.7. The van der Waals surface area contributed by atoms with Crippen molar-refractivity contribution in [1.29, 1.82) is 0 Å². The third-order valence-corrected chi connectivity index (χ3v) is 2.53. The first kappa shape index (κ1) is 10.3. The Hall–Kier alpha value is -0.760. The molecule has 1 rings (SSSR count). The molecule has 1 heterocycles. The Morgan fingerprint density at radius 3 is 2.00 bits per heavy atom. The van der Waals surface area contributed by atoms with Gasteiger partial charge >= 0.3 is 0 Å². The molecule has 2 heteroatoms. The summed E-state index contributed by atoms with van der Waals surface area (Å²) in [5.41, 5.74) is 9.77. The summed E-state index contributed by atoms with van der Waals surface area (Å²) in [6.07, 6.45) is 0. The van der Waals surface area contributed by atoms with Gasteiger partial charge in [-0.25, -0.2) is 0 Å². The molecule has 0 amide bonds. The molecular weight excluding hydrogens is 160 g/mol. The fourth-order valence-corrected chi connectivity index (χ4v) is 2.06. The van der Waals surface area contributed by atoms with Crippen LogP contribution in [0.5, 0.6) is 0 Å². The number of nitrogens with zero attached hydrogens (tertiary/aromatic N) is 1. The van der Waals surface area contributed by atoms with Gasteiger partial charge in [-0.2, -0.15) is 0 Å². The maximum Gasteiger partial charge on any atom is 0.0284 e. The highest BCUT2D eigenvalue weighted by Crippen LogP contribution is 2.23. The van der Waals surface area contributed by atoms with Crippen molar-refractivity contribution in [1.82, 2.24) is 4.57 Å². The van der Waals surface area contributed by atoms with Crippen LogP contribution in [0.25, 0.3) is 0 Å². The van der Waals surface area contributed by atoms with Gasteiger partial charge in [0.2, 0.25) is 0 Å². The highest BCUT2D eigenvalue weighted by atomic mass is 15.0. The predicted molar refractivity (Wildman–Crippen MR) is 56.9 cm³/mol. The monoisotopic (exact) mass is 180 g/mol. The van der Waals surface area contributed by atoms with Crippen molar-refractivity contribution in [3.8, 4) is 0 Å². The van der Waals surface area contributed by atoms with E-state index in [1.165, 1.54) is 17.0 Å². The van der Waals surface area contributed by atoms with Crippen LogP contribution in [0.15, 0.2) is 6.07 Å². The number of hydrogen-bond donors (Lipinski definition) is 1. The van der Waals surface area contributed by atoms with Crippen LogP contribution in [0.4, 0.5) is 0 Å². The van der Waals surface area contributed by atoms with E-state index in [-0.39, 0.29) is 6.04 Å². The van der Waals surface area contributed by atoms with Gasteiger partial charge in [0.1, 0.15) is 0 Å². The molecule has 1 atom stereocenters. The van der Waals surface area contributed by atoms with E-state index in [0.29, 0.717) is 6.04 Å². The van der Waals surface area contributed by atoms with Crippen LogP contribution in [0, 0.1) is 13.8 Å². The number of hydrogen-bond acceptors (Lipinski definition) is 1. The summed E-state index contributed by atoms with van der Waals surface area (Å²) < 4.78 is 2.33. The first-order valence-corrected chi connectivity index (χ1v) is 4.89. The standard InChI is InChI=1S/C11H20N2/c1-7(2)13-8(3)6-11(9(4)12)10(13)5/h6-7,9H,12H2,1-5H3/t9-/m0/s1. The average Bonchev–Trinajstić information content (AvgIpc) is 2.26. The second-order valence-electron chi connectivity index (χ2n) is 4.08. The highest BCUT2D eigenvalue weighted by molar-refractivity contribution is 5.29. The molecule has 13 heavy (non-hydrogen) atoms. The van der Waals surface area contributed by atoms with Gasteiger partial charge in [-0.15, -0.1) is 0 Å². The average molecular weight is 180 g/mol. The summed E-state index contributed by atoms with van der Waals surface area (Å²) in [5, 5.41) is 0. The summed E-state index contributed by atoms with van der Waals surface area (Å²) in [5.74, 6) is 0.